The second-order valence-electron chi connectivity index (χ2n) is 12.3. The van der Waals surface area contributed by atoms with Gasteiger partial charge in [0.2, 0.25) is 0 Å². The van der Waals surface area contributed by atoms with Crippen molar-refractivity contribution in [2.24, 2.45) is 0 Å². The van der Waals surface area contributed by atoms with Crippen LogP contribution in [0.25, 0.3) is 39.0 Å². The van der Waals surface area contributed by atoms with Gasteiger partial charge in [0, 0.05) is 26.4 Å². The van der Waals surface area contributed by atoms with Gasteiger partial charge < -0.3 is 4.57 Å². The molecule has 3 aliphatic rings. The zero-order valence-electron chi connectivity index (χ0n) is 24.4. The molecule has 1 aromatic heterocycles. The van der Waals surface area contributed by atoms with Crippen molar-refractivity contribution in [3.8, 4) is 34.1 Å². The van der Waals surface area contributed by atoms with Gasteiger partial charge in [-0.1, -0.05) is 103 Å². The highest BCUT2D eigenvalue weighted by molar-refractivity contribution is 7.99. The molecule has 2 aliphatic carbocycles. The van der Waals surface area contributed by atoms with Gasteiger partial charge in [-0.05, 0) is 99.8 Å². The molecule has 10 rings (SSSR count). The third-order valence-corrected chi connectivity index (χ3v) is 11.3. The van der Waals surface area contributed by atoms with E-state index < -0.39 is 5.41 Å². The Morgan fingerprint density at radius 2 is 1.24 bits per heavy atom. The van der Waals surface area contributed by atoms with Crippen molar-refractivity contribution < 1.29 is 0 Å². The fraction of sp³-hybridized carbons (Fsp3) is 0.0714. The number of aryl methyl sites for hydroxylation is 2. The summed E-state index contributed by atoms with van der Waals surface area (Å²) in [4.78, 5) is 2.60. The zero-order valence-corrected chi connectivity index (χ0v) is 25.2. The maximum Gasteiger partial charge on any atom is 0.0991 e. The van der Waals surface area contributed by atoms with E-state index in [1.54, 1.807) is 0 Å². The van der Waals surface area contributed by atoms with Crippen LogP contribution in [0.5, 0.6) is 0 Å². The van der Waals surface area contributed by atoms with Crippen molar-refractivity contribution in [2.45, 2.75) is 28.0 Å². The molecule has 210 valence electrons. The van der Waals surface area contributed by atoms with Gasteiger partial charge in [-0.25, -0.2) is 0 Å². The Hall–Kier alpha value is -5.30. The molecule has 6 aromatic carbocycles. The van der Waals surface area contributed by atoms with Crippen molar-refractivity contribution in [3.05, 3.63) is 172 Å². The molecule has 0 unspecified atom stereocenters. The number of hydrogen-bond donors (Lipinski definition) is 0. The van der Waals surface area contributed by atoms with Gasteiger partial charge in [-0.2, -0.15) is 5.26 Å². The van der Waals surface area contributed by atoms with E-state index >= 15 is 0 Å². The minimum atomic E-state index is -0.394. The average molecular weight is 591 g/mol. The van der Waals surface area contributed by atoms with E-state index in [4.69, 9.17) is 0 Å². The normalized spacial score (nSPS) is 14.6. The molecule has 0 saturated carbocycles. The summed E-state index contributed by atoms with van der Waals surface area (Å²) in [7, 11) is 0. The van der Waals surface area contributed by atoms with Gasteiger partial charge in [0.1, 0.15) is 0 Å². The molecule has 2 heterocycles. The zero-order chi connectivity index (χ0) is 29.7. The third kappa shape index (κ3) is 3.20. The Morgan fingerprint density at radius 1 is 0.600 bits per heavy atom. The molecule has 0 bridgehead atoms. The minimum Gasteiger partial charge on any atom is -0.309 e. The number of aromatic nitrogens is 1. The molecule has 0 saturated heterocycles. The van der Waals surface area contributed by atoms with Crippen molar-refractivity contribution in [2.75, 3.05) is 0 Å². The first-order valence-corrected chi connectivity index (χ1v) is 16.4. The Labute approximate surface area is 266 Å². The summed E-state index contributed by atoms with van der Waals surface area (Å²) in [6, 6.07) is 51.3. The lowest BCUT2D eigenvalue weighted by molar-refractivity contribution is 0.724. The van der Waals surface area contributed by atoms with Crippen LogP contribution < -0.4 is 0 Å². The van der Waals surface area contributed by atoms with Crippen LogP contribution >= 0.6 is 11.8 Å². The largest absolute Gasteiger partial charge is 0.309 e. The van der Waals surface area contributed by atoms with Crippen molar-refractivity contribution in [1.29, 1.82) is 5.26 Å². The molecular formula is C42H26N2S. The fourth-order valence-electron chi connectivity index (χ4n) is 8.42. The third-order valence-electron chi connectivity index (χ3n) is 10.2. The van der Waals surface area contributed by atoms with E-state index in [9.17, 15) is 5.26 Å². The SMILES string of the molecule is N#Cc1ccc(-n2c3c(c4cc5c(cc42)Sc2ccccc2C52c4ccccc4-c4ccccc42)CCc2ccccc2-3)cc1. The summed E-state index contributed by atoms with van der Waals surface area (Å²) in [5.74, 6) is 0. The highest BCUT2D eigenvalue weighted by Crippen LogP contribution is 2.63. The van der Waals surface area contributed by atoms with Crippen molar-refractivity contribution >= 4 is 22.7 Å². The van der Waals surface area contributed by atoms with Crippen LogP contribution in [0.2, 0.25) is 0 Å². The Kier molecular flexibility index (Phi) is 5.08. The molecule has 7 aromatic rings. The molecule has 45 heavy (non-hydrogen) atoms. The highest BCUT2D eigenvalue weighted by Gasteiger charge is 2.50. The van der Waals surface area contributed by atoms with Crippen LogP contribution in [0.4, 0.5) is 0 Å². The first kappa shape index (κ1) is 25.1. The summed E-state index contributed by atoms with van der Waals surface area (Å²) in [5, 5.41) is 10.9. The standard InChI is InChI=1S/C42H26N2S/c43-25-26-17-20-28(21-18-26)44-38-24-40-37(23-33(38)32-22-19-27-9-1-2-10-29(27)41(32)44)42(36-15-7-8-16-39(36)45-40)34-13-5-3-11-30(34)31-12-4-6-14-35(31)42/h1-18,20-21,23-24H,19,22H2. The van der Waals surface area contributed by atoms with Crippen molar-refractivity contribution in [3.63, 3.8) is 0 Å². The van der Waals surface area contributed by atoms with E-state index in [1.807, 2.05) is 23.9 Å². The highest BCUT2D eigenvalue weighted by atomic mass is 32.2. The number of nitriles is 1. The first-order chi connectivity index (χ1) is 22.3. The topological polar surface area (TPSA) is 28.7 Å². The smallest absolute Gasteiger partial charge is 0.0991 e. The number of fused-ring (bicyclic) bond motifs is 14. The van der Waals surface area contributed by atoms with E-state index in [-0.39, 0.29) is 0 Å². The number of hydrogen-bond acceptors (Lipinski definition) is 2. The predicted octanol–water partition coefficient (Wildman–Crippen LogP) is 10.1. The van der Waals surface area contributed by atoms with Crippen LogP contribution in [-0.2, 0) is 18.3 Å². The second kappa shape index (κ2) is 9.11. The molecule has 0 radical (unpaired) electrons. The van der Waals surface area contributed by atoms with E-state index in [2.05, 4.69) is 132 Å². The van der Waals surface area contributed by atoms with Crippen LogP contribution in [0.1, 0.15) is 38.9 Å². The maximum absolute atomic E-state index is 9.55. The van der Waals surface area contributed by atoms with Gasteiger partial charge in [-0.15, -0.1) is 0 Å². The van der Waals surface area contributed by atoms with Crippen LogP contribution in [-0.4, -0.2) is 4.57 Å². The van der Waals surface area contributed by atoms with E-state index in [0.29, 0.717) is 5.56 Å². The van der Waals surface area contributed by atoms with Crippen molar-refractivity contribution in [1.82, 2.24) is 4.57 Å². The summed E-state index contributed by atoms with van der Waals surface area (Å²) < 4.78 is 2.45. The Morgan fingerprint density at radius 3 is 1.98 bits per heavy atom. The molecule has 0 atom stereocenters. The fourth-order valence-corrected chi connectivity index (χ4v) is 9.63. The Balaban J connectivity index is 1.36. The first-order valence-electron chi connectivity index (χ1n) is 15.5. The van der Waals surface area contributed by atoms with Gasteiger partial charge in [0.25, 0.3) is 0 Å². The van der Waals surface area contributed by atoms with Gasteiger partial charge in [0.15, 0.2) is 0 Å². The summed E-state index contributed by atoms with van der Waals surface area (Å²) in [6.45, 7) is 0. The molecule has 2 nitrogen and oxygen atoms in total. The van der Waals surface area contributed by atoms with E-state index in [1.165, 1.54) is 76.5 Å². The van der Waals surface area contributed by atoms with Crippen LogP contribution in [0.15, 0.2) is 143 Å². The monoisotopic (exact) mass is 590 g/mol. The van der Waals surface area contributed by atoms with Crippen LogP contribution in [0, 0.1) is 11.3 Å². The maximum atomic E-state index is 9.55. The molecule has 3 heteroatoms. The molecule has 1 spiro atoms. The molecule has 1 aliphatic heterocycles. The molecular weight excluding hydrogens is 565 g/mol. The molecule has 0 amide bonds. The lowest BCUT2D eigenvalue weighted by Gasteiger charge is -2.39. The summed E-state index contributed by atoms with van der Waals surface area (Å²) in [6.07, 6.45) is 2.02. The lowest BCUT2D eigenvalue weighted by Crippen LogP contribution is -2.32. The van der Waals surface area contributed by atoms with Gasteiger partial charge >= 0.3 is 0 Å². The number of rotatable bonds is 1. The molecule has 0 fully saturated rings. The van der Waals surface area contributed by atoms with Gasteiger partial charge in [-0.3, -0.25) is 0 Å². The Bertz CT molecular complexity index is 2380. The summed E-state index contributed by atoms with van der Waals surface area (Å²) >= 11 is 1.89. The van der Waals surface area contributed by atoms with E-state index in [0.717, 1.165) is 18.5 Å². The van der Waals surface area contributed by atoms with Crippen LogP contribution in [0.3, 0.4) is 0 Å². The number of benzene rings is 6. The summed E-state index contributed by atoms with van der Waals surface area (Å²) in [5.41, 5.74) is 16.1. The quantitative estimate of drug-likeness (QED) is 0.190. The number of nitrogens with zero attached hydrogens (tertiary/aromatic N) is 2. The predicted molar refractivity (Wildman–Crippen MR) is 182 cm³/mol. The van der Waals surface area contributed by atoms with Gasteiger partial charge in [0.05, 0.1) is 28.3 Å². The minimum absolute atomic E-state index is 0.394. The lowest BCUT2D eigenvalue weighted by atomic mass is 9.67. The average Bonchev–Trinajstić information content (AvgIpc) is 3.58. The second-order valence-corrected chi connectivity index (χ2v) is 13.4. The molecule has 0 N–H and O–H groups in total.